The van der Waals surface area contributed by atoms with Gasteiger partial charge < -0.3 is 9.73 Å². The quantitative estimate of drug-likeness (QED) is 0.824. The minimum absolute atomic E-state index is 0.582. The lowest BCUT2D eigenvalue weighted by Crippen LogP contribution is -2.39. The molecule has 0 aromatic carbocycles. The first-order chi connectivity index (χ1) is 8.70. The number of rotatable bonds is 6. The highest BCUT2D eigenvalue weighted by Gasteiger charge is 2.31. The second-order valence-electron chi connectivity index (χ2n) is 5.90. The molecule has 2 rings (SSSR count). The summed E-state index contributed by atoms with van der Waals surface area (Å²) in [4.78, 5) is 0. The van der Waals surface area contributed by atoms with Gasteiger partial charge in [0.25, 0.3) is 0 Å². The van der Waals surface area contributed by atoms with Crippen molar-refractivity contribution in [2.45, 2.75) is 65.0 Å². The normalized spacial score (nSPS) is 29.6. The van der Waals surface area contributed by atoms with E-state index < -0.39 is 0 Å². The molecule has 2 heteroatoms. The molecule has 18 heavy (non-hydrogen) atoms. The zero-order valence-corrected chi connectivity index (χ0v) is 12.0. The van der Waals surface area contributed by atoms with Crippen LogP contribution >= 0.6 is 0 Å². The Labute approximate surface area is 111 Å². The highest BCUT2D eigenvalue weighted by atomic mass is 16.3. The first kappa shape index (κ1) is 13.7. The summed E-state index contributed by atoms with van der Waals surface area (Å²) in [5, 5.41) is 3.81. The molecule has 102 valence electrons. The lowest BCUT2D eigenvalue weighted by Gasteiger charge is -2.24. The van der Waals surface area contributed by atoms with Gasteiger partial charge in [-0.15, -0.1) is 0 Å². The van der Waals surface area contributed by atoms with Crippen LogP contribution < -0.4 is 5.32 Å². The second-order valence-corrected chi connectivity index (χ2v) is 5.90. The van der Waals surface area contributed by atoms with E-state index in [4.69, 9.17) is 4.42 Å². The van der Waals surface area contributed by atoms with Crippen molar-refractivity contribution in [2.75, 3.05) is 0 Å². The van der Waals surface area contributed by atoms with Crippen LogP contribution in [0.4, 0.5) is 0 Å². The maximum Gasteiger partial charge on any atom is 0.103 e. The van der Waals surface area contributed by atoms with Gasteiger partial charge in [-0.3, -0.25) is 0 Å². The predicted molar refractivity (Wildman–Crippen MR) is 75.6 cm³/mol. The third kappa shape index (κ3) is 3.38. The van der Waals surface area contributed by atoms with Gasteiger partial charge in [-0.25, -0.2) is 0 Å². The van der Waals surface area contributed by atoms with Gasteiger partial charge in [-0.2, -0.15) is 0 Å². The van der Waals surface area contributed by atoms with Gasteiger partial charge in [0.2, 0.25) is 0 Å². The van der Waals surface area contributed by atoms with Crippen LogP contribution in [0.3, 0.4) is 0 Å². The number of hydrogen-bond acceptors (Lipinski definition) is 2. The molecule has 1 N–H and O–H groups in total. The minimum Gasteiger partial charge on any atom is -0.469 e. The topological polar surface area (TPSA) is 25.2 Å². The maximum absolute atomic E-state index is 5.38. The van der Waals surface area contributed by atoms with Gasteiger partial charge in [0.1, 0.15) is 5.76 Å². The predicted octanol–water partition coefficient (Wildman–Crippen LogP) is 4.02. The molecule has 1 heterocycles. The van der Waals surface area contributed by atoms with E-state index in [0.29, 0.717) is 6.04 Å². The molecule has 1 aliphatic rings. The van der Waals surface area contributed by atoms with Crippen LogP contribution in [-0.2, 0) is 6.42 Å². The molecule has 4 atom stereocenters. The SMILES string of the molecule is CCC1CCC(NC(C)CCc2ccco2)C1C. The van der Waals surface area contributed by atoms with Gasteiger partial charge >= 0.3 is 0 Å². The molecule has 0 bridgehead atoms. The standard InChI is InChI=1S/C16H27NO/c1-4-14-8-10-16(13(14)3)17-12(2)7-9-15-6-5-11-18-15/h5-6,11-14,16-17H,4,7-10H2,1-3H3. The monoisotopic (exact) mass is 249 g/mol. The van der Waals surface area contributed by atoms with Crippen molar-refractivity contribution in [3.05, 3.63) is 24.2 Å². The third-order valence-electron chi connectivity index (χ3n) is 4.65. The Morgan fingerprint density at radius 1 is 1.44 bits per heavy atom. The van der Waals surface area contributed by atoms with Gasteiger partial charge in [0.05, 0.1) is 6.26 Å². The van der Waals surface area contributed by atoms with Gasteiger partial charge in [0, 0.05) is 18.5 Å². The highest BCUT2D eigenvalue weighted by molar-refractivity contribution is 4.98. The number of furan rings is 1. The van der Waals surface area contributed by atoms with Crippen LogP contribution in [0.2, 0.25) is 0 Å². The summed E-state index contributed by atoms with van der Waals surface area (Å²) >= 11 is 0. The molecule has 2 nitrogen and oxygen atoms in total. The van der Waals surface area contributed by atoms with E-state index in [1.165, 1.54) is 19.3 Å². The number of aryl methyl sites for hydroxylation is 1. The van der Waals surface area contributed by atoms with E-state index in [1.807, 2.05) is 6.07 Å². The lowest BCUT2D eigenvalue weighted by atomic mass is 9.93. The molecule has 1 aromatic rings. The zero-order valence-electron chi connectivity index (χ0n) is 12.0. The van der Waals surface area contributed by atoms with Crippen molar-refractivity contribution < 1.29 is 4.42 Å². The largest absolute Gasteiger partial charge is 0.469 e. The average Bonchev–Trinajstić information content (AvgIpc) is 2.98. The van der Waals surface area contributed by atoms with Crippen molar-refractivity contribution in [1.29, 1.82) is 0 Å². The highest BCUT2D eigenvalue weighted by Crippen LogP contribution is 2.34. The van der Waals surface area contributed by atoms with E-state index in [-0.39, 0.29) is 0 Å². The molecule has 0 spiro atoms. The number of hydrogen-bond donors (Lipinski definition) is 1. The van der Waals surface area contributed by atoms with Crippen LogP contribution in [0.5, 0.6) is 0 Å². The Morgan fingerprint density at radius 3 is 2.89 bits per heavy atom. The van der Waals surface area contributed by atoms with Crippen LogP contribution in [0, 0.1) is 11.8 Å². The van der Waals surface area contributed by atoms with Crippen LogP contribution in [0.1, 0.15) is 52.2 Å². The smallest absolute Gasteiger partial charge is 0.103 e. The van der Waals surface area contributed by atoms with Crippen LogP contribution in [-0.4, -0.2) is 12.1 Å². The molecule has 0 aliphatic heterocycles. The molecule has 0 saturated heterocycles. The Hall–Kier alpha value is -0.760. The summed E-state index contributed by atoms with van der Waals surface area (Å²) in [7, 11) is 0. The van der Waals surface area contributed by atoms with E-state index in [9.17, 15) is 0 Å². The molecule has 1 aromatic heterocycles. The Balaban J connectivity index is 1.72. The molecular weight excluding hydrogens is 222 g/mol. The lowest BCUT2D eigenvalue weighted by molar-refractivity contribution is 0.318. The van der Waals surface area contributed by atoms with Crippen LogP contribution in [0.15, 0.2) is 22.8 Å². The molecule has 0 amide bonds. The van der Waals surface area contributed by atoms with Crippen molar-refractivity contribution in [2.24, 2.45) is 11.8 Å². The molecule has 1 aliphatic carbocycles. The Kier molecular flexibility index (Phi) is 4.87. The third-order valence-corrected chi connectivity index (χ3v) is 4.65. The van der Waals surface area contributed by atoms with Crippen molar-refractivity contribution in [3.8, 4) is 0 Å². The van der Waals surface area contributed by atoms with E-state index in [2.05, 4.69) is 32.2 Å². The summed E-state index contributed by atoms with van der Waals surface area (Å²) in [5.41, 5.74) is 0. The fourth-order valence-corrected chi connectivity index (χ4v) is 3.32. The average molecular weight is 249 g/mol. The van der Waals surface area contributed by atoms with Gasteiger partial charge in [-0.05, 0) is 50.2 Å². The van der Waals surface area contributed by atoms with Crippen molar-refractivity contribution in [1.82, 2.24) is 5.32 Å². The fourth-order valence-electron chi connectivity index (χ4n) is 3.32. The molecule has 1 saturated carbocycles. The maximum atomic E-state index is 5.38. The first-order valence-electron chi connectivity index (χ1n) is 7.49. The van der Waals surface area contributed by atoms with Gasteiger partial charge in [0.15, 0.2) is 0 Å². The minimum atomic E-state index is 0.582. The molecule has 4 unspecified atom stereocenters. The summed E-state index contributed by atoms with van der Waals surface area (Å²) in [5.74, 6) is 2.87. The number of nitrogens with one attached hydrogen (secondary N) is 1. The molecular formula is C16H27NO. The molecule has 0 radical (unpaired) electrons. The summed E-state index contributed by atoms with van der Waals surface area (Å²) in [6, 6.07) is 5.34. The second kappa shape index (κ2) is 6.42. The fraction of sp³-hybridized carbons (Fsp3) is 0.750. The first-order valence-corrected chi connectivity index (χ1v) is 7.49. The van der Waals surface area contributed by atoms with Crippen LogP contribution in [0.25, 0.3) is 0 Å². The zero-order chi connectivity index (χ0) is 13.0. The Bertz CT molecular complexity index is 333. The summed E-state index contributed by atoms with van der Waals surface area (Å²) in [6.45, 7) is 7.04. The van der Waals surface area contributed by atoms with E-state index in [1.54, 1.807) is 6.26 Å². The van der Waals surface area contributed by atoms with Crippen molar-refractivity contribution >= 4 is 0 Å². The Morgan fingerprint density at radius 2 is 2.28 bits per heavy atom. The van der Waals surface area contributed by atoms with Gasteiger partial charge in [-0.1, -0.05) is 20.3 Å². The summed E-state index contributed by atoms with van der Waals surface area (Å²) in [6.07, 6.45) is 8.05. The van der Waals surface area contributed by atoms with E-state index >= 15 is 0 Å². The summed E-state index contributed by atoms with van der Waals surface area (Å²) < 4.78 is 5.38. The van der Waals surface area contributed by atoms with E-state index in [0.717, 1.165) is 36.5 Å². The van der Waals surface area contributed by atoms with Crippen molar-refractivity contribution in [3.63, 3.8) is 0 Å². The molecule has 1 fully saturated rings.